The van der Waals surface area contributed by atoms with Gasteiger partial charge in [0.1, 0.15) is 11.2 Å². The first-order valence-electron chi connectivity index (χ1n) is 8.72. The molecule has 1 aromatic carbocycles. The SMILES string of the molecule is COc1ccccc1CNC(=O)C(C)(C)C(=O)N1CCN(C(C)=O)CC1. The highest BCUT2D eigenvalue weighted by Crippen LogP contribution is 2.22. The van der Waals surface area contributed by atoms with Crippen LogP contribution in [0, 0.1) is 5.41 Å². The molecule has 3 amide bonds. The lowest BCUT2D eigenvalue weighted by Gasteiger charge is -2.37. The molecule has 1 fully saturated rings. The van der Waals surface area contributed by atoms with Crippen LogP contribution in [0.2, 0.25) is 0 Å². The van der Waals surface area contributed by atoms with E-state index < -0.39 is 5.41 Å². The topological polar surface area (TPSA) is 79.0 Å². The summed E-state index contributed by atoms with van der Waals surface area (Å²) in [6, 6.07) is 7.42. The predicted octanol–water partition coefficient (Wildman–Crippen LogP) is 1.03. The Morgan fingerprint density at radius 1 is 1.08 bits per heavy atom. The Kier molecular flexibility index (Phi) is 6.23. The van der Waals surface area contributed by atoms with Gasteiger partial charge in [0, 0.05) is 45.2 Å². The van der Waals surface area contributed by atoms with Gasteiger partial charge in [-0.1, -0.05) is 18.2 Å². The van der Waals surface area contributed by atoms with Gasteiger partial charge in [0.2, 0.25) is 17.7 Å². The number of para-hydroxylation sites is 1. The van der Waals surface area contributed by atoms with Crippen molar-refractivity contribution in [3.63, 3.8) is 0 Å². The van der Waals surface area contributed by atoms with E-state index in [9.17, 15) is 14.4 Å². The highest BCUT2D eigenvalue weighted by atomic mass is 16.5. The molecular formula is C19H27N3O4. The van der Waals surface area contributed by atoms with E-state index in [2.05, 4.69) is 5.32 Å². The quantitative estimate of drug-likeness (QED) is 0.795. The zero-order chi connectivity index (χ0) is 19.3. The molecule has 0 radical (unpaired) electrons. The molecule has 2 rings (SSSR count). The number of hydrogen-bond acceptors (Lipinski definition) is 4. The van der Waals surface area contributed by atoms with E-state index in [1.165, 1.54) is 6.92 Å². The average molecular weight is 361 g/mol. The van der Waals surface area contributed by atoms with Crippen LogP contribution in [0.3, 0.4) is 0 Å². The third-order valence-electron chi connectivity index (χ3n) is 4.75. The summed E-state index contributed by atoms with van der Waals surface area (Å²) in [4.78, 5) is 40.2. The lowest BCUT2D eigenvalue weighted by atomic mass is 9.89. The van der Waals surface area contributed by atoms with Crippen LogP contribution in [-0.4, -0.2) is 60.8 Å². The second-order valence-corrected chi connectivity index (χ2v) is 6.92. The van der Waals surface area contributed by atoms with Gasteiger partial charge in [-0.05, 0) is 19.9 Å². The summed E-state index contributed by atoms with van der Waals surface area (Å²) in [5, 5.41) is 2.83. The van der Waals surface area contributed by atoms with Crippen LogP contribution in [0.5, 0.6) is 5.75 Å². The van der Waals surface area contributed by atoms with Crippen molar-refractivity contribution in [1.29, 1.82) is 0 Å². The Bertz CT molecular complexity index is 679. The average Bonchev–Trinajstić information content (AvgIpc) is 2.65. The third kappa shape index (κ3) is 4.33. The Morgan fingerprint density at radius 3 is 2.23 bits per heavy atom. The van der Waals surface area contributed by atoms with E-state index in [4.69, 9.17) is 4.74 Å². The molecule has 142 valence electrons. The minimum Gasteiger partial charge on any atom is -0.496 e. The summed E-state index contributed by atoms with van der Waals surface area (Å²) in [6.45, 7) is 6.96. The molecule has 7 nitrogen and oxygen atoms in total. The van der Waals surface area contributed by atoms with Crippen molar-refractivity contribution in [3.05, 3.63) is 29.8 Å². The van der Waals surface area contributed by atoms with Crippen LogP contribution in [0.25, 0.3) is 0 Å². The summed E-state index contributed by atoms with van der Waals surface area (Å²) in [5.41, 5.74) is -0.331. The third-order valence-corrected chi connectivity index (χ3v) is 4.75. The summed E-state index contributed by atoms with van der Waals surface area (Å²) in [5.74, 6) is 0.142. The van der Waals surface area contributed by atoms with Crippen molar-refractivity contribution in [2.45, 2.75) is 27.3 Å². The maximum absolute atomic E-state index is 12.8. The molecule has 0 saturated carbocycles. The van der Waals surface area contributed by atoms with Gasteiger partial charge in [-0.2, -0.15) is 0 Å². The number of amides is 3. The molecule has 1 saturated heterocycles. The molecular weight excluding hydrogens is 334 g/mol. The molecule has 0 aromatic heterocycles. The standard InChI is InChI=1S/C19H27N3O4/c1-14(23)21-9-11-22(12-10-21)18(25)19(2,3)17(24)20-13-15-7-5-6-8-16(15)26-4/h5-8H,9-13H2,1-4H3,(H,20,24). The largest absolute Gasteiger partial charge is 0.496 e. The zero-order valence-electron chi connectivity index (χ0n) is 15.9. The molecule has 7 heteroatoms. The number of carbonyl (C=O) groups excluding carboxylic acids is 3. The van der Waals surface area contributed by atoms with Gasteiger partial charge < -0.3 is 19.9 Å². The van der Waals surface area contributed by atoms with Crippen molar-refractivity contribution in [2.75, 3.05) is 33.3 Å². The monoisotopic (exact) mass is 361 g/mol. The smallest absolute Gasteiger partial charge is 0.237 e. The Morgan fingerprint density at radius 2 is 1.65 bits per heavy atom. The number of carbonyl (C=O) groups is 3. The number of nitrogens with one attached hydrogen (secondary N) is 1. The van der Waals surface area contributed by atoms with Crippen LogP contribution in [0.1, 0.15) is 26.3 Å². The van der Waals surface area contributed by atoms with Crippen LogP contribution in [0.4, 0.5) is 0 Å². The van der Waals surface area contributed by atoms with Gasteiger partial charge >= 0.3 is 0 Å². The van der Waals surface area contributed by atoms with Gasteiger partial charge in [-0.3, -0.25) is 14.4 Å². The zero-order valence-corrected chi connectivity index (χ0v) is 15.9. The fourth-order valence-corrected chi connectivity index (χ4v) is 2.96. The van der Waals surface area contributed by atoms with Crippen LogP contribution in [0.15, 0.2) is 24.3 Å². The normalized spacial score (nSPS) is 14.8. The van der Waals surface area contributed by atoms with Crippen molar-refractivity contribution < 1.29 is 19.1 Å². The molecule has 0 unspecified atom stereocenters. The highest BCUT2D eigenvalue weighted by molar-refractivity contribution is 6.04. The second-order valence-electron chi connectivity index (χ2n) is 6.92. The Labute approximate surface area is 154 Å². The molecule has 26 heavy (non-hydrogen) atoms. The van der Waals surface area contributed by atoms with Gasteiger partial charge in [0.25, 0.3) is 0 Å². The minimum absolute atomic E-state index is 0.00547. The van der Waals surface area contributed by atoms with Crippen molar-refractivity contribution in [1.82, 2.24) is 15.1 Å². The number of piperazine rings is 1. The number of hydrogen-bond donors (Lipinski definition) is 1. The van der Waals surface area contributed by atoms with E-state index in [1.807, 2.05) is 24.3 Å². The lowest BCUT2D eigenvalue weighted by molar-refractivity contribution is -0.151. The minimum atomic E-state index is -1.18. The number of nitrogens with zero attached hydrogens (tertiary/aromatic N) is 2. The molecule has 1 heterocycles. The molecule has 1 aliphatic rings. The number of rotatable bonds is 5. The molecule has 0 spiro atoms. The van der Waals surface area contributed by atoms with E-state index >= 15 is 0 Å². The van der Waals surface area contributed by atoms with Gasteiger partial charge in [-0.15, -0.1) is 0 Å². The molecule has 0 aliphatic carbocycles. The van der Waals surface area contributed by atoms with Crippen LogP contribution < -0.4 is 10.1 Å². The van der Waals surface area contributed by atoms with Crippen molar-refractivity contribution in [3.8, 4) is 5.75 Å². The maximum atomic E-state index is 12.8. The van der Waals surface area contributed by atoms with Gasteiger partial charge in [-0.25, -0.2) is 0 Å². The van der Waals surface area contributed by atoms with E-state index in [1.54, 1.807) is 30.8 Å². The molecule has 0 bridgehead atoms. The first-order valence-corrected chi connectivity index (χ1v) is 8.72. The molecule has 0 atom stereocenters. The number of methoxy groups -OCH3 is 1. The lowest BCUT2D eigenvalue weighted by Crippen LogP contribution is -2.56. The van der Waals surface area contributed by atoms with Gasteiger partial charge in [0.15, 0.2) is 0 Å². The fraction of sp³-hybridized carbons (Fsp3) is 0.526. The van der Waals surface area contributed by atoms with Gasteiger partial charge in [0.05, 0.1) is 7.11 Å². The predicted molar refractivity (Wildman–Crippen MR) is 97.5 cm³/mol. The summed E-state index contributed by atoms with van der Waals surface area (Å²) in [7, 11) is 1.58. The highest BCUT2D eigenvalue weighted by Gasteiger charge is 2.40. The fourth-order valence-electron chi connectivity index (χ4n) is 2.96. The molecule has 1 aromatic rings. The first kappa shape index (κ1) is 19.8. The van der Waals surface area contributed by atoms with Crippen LogP contribution in [-0.2, 0) is 20.9 Å². The van der Waals surface area contributed by atoms with E-state index in [0.717, 1.165) is 5.56 Å². The van der Waals surface area contributed by atoms with Crippen molar-refractivity contribution >= 4 is 17.7 Å². The number of benzene rings is 1. The number of ether oxygens (including phenoxy) is 1. The summed E-state index contributed by atoms with van der Waals surface area (Å²) >= 11 is 0. The Hall–Kier alpha value is -2.57. The van der Waals surface area contributed by atoms with E-state index in [-0.39, 0.29) is 24.3 Å². The first-order chi connectivity index (χ1) is 12.3. The van der Waals surface area contributed by atoms with E-state index in [0.29, 0.717) is 31.9 Å². The maximum Gasteiger partial charge on any atom is 0.237 e. The second kappa shape index (κ2) is 8.21. The van der Waals surface area contributed by atoms with Crippen molar-refractivity contribution in [2.24, 2.45) is 5.41 Å². The molecule has 1 N–H and O–H groups in total. The molecule has 1 aliphatic heterocycles. The Balaban J connectivity index is 1.96. The summed E-state index contributed by atoms with van der Waals surface area (Å²) in [6.07, 6.45) is 0. The van der Waals surface area contributed by atoms with Crippen LogP contribution >= 0.6 is 0 Å². The summed E-state index contributed by atoms with van der Waals surface area (Å²) < 4.78 is 5.28.